The van der Waals surface area contributed by atoms with E-state index in [9.17, 15) is 14.9 Å². The zero-order valence-corrected chi connectivity index (χ0v) is 23.8. The largest absolute Gasteiger partial charge is 0.459 e. The van der Waals surface area contributed by atoms with Crippen LogP contribution in [0.1, 0.15) is 33.3 Å². The number of aromatic nitrogens is 4. The lowest BCUT2D eigenvalue weighted by atomic mass is 9.82. The van der Waals surface area contributed by atoms with Crippen LogP contribution in [0, 0.1) is 11.3 Å². The molecule has 41 heavy (non-hydrogen) atoms. The van der Waals surface area contributed by atoms with Gasteiger partial charge in [-0.3, -0.25) is 0 Å². The molecule has 210 valence electrons. The second-order valence-corrected chi connectivity index (χ2v) is 10.7. The summed E-state index contributed by atoms with van der Waals surface area (Å²) in [4.78, 5) is 34.6. The predicted octanol–water partition coefficient (Wildman–Crippen LogP) is 4.50. The summed E-state index contributed by atoms with van der Waals surface area (Å²) in [6.45, 7) is 0.616. The summed E-state index contributed by atoms with van der Waals surface area (Å²) in [5, 5.41) is 15.8. The molecule has 1 unspecified atom stereocenters. The first-order valence-electron chi connectivity index (χ1n) is 12.4. The maximum absolute atomic E-state index is 17.2. The van der Waals surface area contributed by atoms with Crippen LogP contribution in [0.15, 0.2) is 77.0 Å². The highest BCUT2D eigenvalue weighted by atomic mass is 32.2. The number of halogens is 1. The number of rotatable bonds is 8. The van der Waals surface area contributed by atoms with Crippen molar-refractivity contribution in [2.75, 3.05) is 19.1 Å². The molecule has 2 aromatic carbocycles. The van der Waals surface area contributed by atoms with Crippen LogP contribution >= 0.6 is 23.5 Å². The number of hydrogen-bond acceptors (Lipinski definition) is 11. The highest BCUT2D eigenvalue weighted by Gasteiger charge is 2.69. The number of thioether (sulfide) groups is 2. The quantitative estimate of drug-likeness (QED) is 0.212. The highest BCUT2D eigenvalue weighted by Crippen LogP contribution is 2.51. The van der Waals surface area contributed by atoms with Gasteiger partial charge in [0.1, 0.15) is 29.5 Å². The van der Waals surface area contributed by atoms with Crippen molar-refractivity contribution in [2.45, 2.75) is 40.6 Å². The molecule has 0 amide bonds. The number of nitriles is 1. The number of benzene rings is 2. The van der Waals surface area contributed by atoms with Crippen LogP contribution in [0.2, 0.25) is 0 Å². The van der Waals surface area contributed by atoms with Gasteiger partial charge in [0, 0.05) is 0 Å². The smallest absolute Gasteiger partial charge is 0.338 e. The van der Waals surface area contributed by atoms with E-state index in [0.717, 1.165) is 6.92 Å². The number of nitrogens with zero attached hydrogens (tertiary/aromatic N) is 5. The van der Waals surface area contributed by atoms with Crippen LogP contribution < -0.4 is 0 Å². The average Bonchev–Trinajstić information content (AvgIpc) is 3.52. The summed E-state index contributed by atoms with van der Waals surface area (Å²) in [5.41, 5.74) is -4.27. The van der Waals surface area contributed by atoms with Crippen molar-refractivity contribution in [3.8, 4) is 6.07 Å². The molecule has 0 saturated carbocycles. The summed E-state index contributed by atoms with van der Waals surface area (Å²) < 4.78 is 35.7. The van der Waals surface area contributed by atoms with Crippen molar-refractivity contribution in [1.29, 1.82) is 5.26 Å². The zero-order chi connectivity index (χ0) is 29.2. The van der Waals surface area contributed by atoms with Crippen LogP contribution in [0.4, 0.5) is 4.39 Å². The third-order valence-corrected chi connectivity index (χ3v) is 7.92. The zero-order valence-electron chi connectivity index (χ0n) is 22.2. The standard InChI is InChI=1S/C28H24FN5O5S2/c1-27(29)21(38-25(36)18-12-8-5-9-13-18)19(15-37-24(35)17-10-6-4-7-11-17)39-28(27,16-30)20-14-31-22-23(40-2)32-26(41-3)33-34(20)22/h4-14,19,21H,15H2,1-3H3/t19-,21-,27-,28?/m1/s1. The maximum Gasteiger partial charge on any atom is 0.338 e. The van der Waals surface area contributed by atoms with Crippen molar-refractivity contribution in [2.24, 2.45) is 0 Å². The second-order valence-electron chi connectivity index (χ2n) is 9.17. The van der Waals surface area contributed by atoms with Gasteiger partial charge in [-0.1, -0.05) is 48.2 Å². The van der Waals surface area contributed by atoms with Crippen molar-refractivity contribution < 1.29 is 28.2 Å². The predicted molar refractivity (Wildman–Crippen MR) is 148 cm³/mol. The number of carbonyl (C=O) groups is 2. The topological polar surface area (TPSA) is 129 Å². The summed E-state index contributed by atoms with van der Waals surface area (Å²) in [6.07, 6.45) is 1.89. The first-order chi connectivity index (χ1) is 19.8. The summed E-state index contributed by atoms with van der Waals surface area (Å²) in [7, 11) is 0. The van der Waals surface area contributed by atoms with Gasteiger partial charge >= 0.3 is 11.9 Å². The Morgan fingerprint density at radius 1 is 1.07 bits per heavy atom. The lowest BCUT2D eigenvalue weighted by molar-refractivity contribution is -0.0747. The van der Waals surface area contributed by atoms with Gasteiger partial charge in [0.15, 0.2) is 17.4 Å². The molecule has 0 spiro atoms. The fraction of sp³-hybridized carbons (Fsp3) is 0.286. The molecular formula is C28H24FN5O5S2. The van der Waals surface area contributed by atoms with Gasteiger partial charge in [0.05, 0.1) is 17.3 Å². The fourth-order valence-electron chi connectivity index (χ4n) is 4.64. The number of carbonyl (C=O) groups excluding carboxylic acids is 2. The molecule has 5 rings (SSSR count). The first-order valence-corrected chi connectivity index (χ1v) is 14.8. The minimum Gasteiger partial charge on any atom is -0.459 e. The van der Waals surface area contributed by atoms with Gasteiger partial charge < -0.3 is 14.2 Å². The number of ether oxygens (including phenoxy) is 3. The Labute approximate surface area is 243 Å². The van der Waals surface area contributed by atoms with Gasteiger partial charge in [-0.25, -0.2) is 28.5 Å². The number of alkyl halides is 1. The molecule has 4 atom stereocenters. The van der Waals surface area contributed by atoms with E-state index in [2.05, 4.69) is 15.1 Å². The summed E-state index contributed by atoms with van der Waals surface area (Å²) in [5.74, 6) is -1.51. The molecule has 1 aliphatic rings. The van der Waals surface area contributed by atoms with Gasteiger partial charge in [-0.2, -0.15) is 5.26 Å². The second kappa shape index (κ2) is 11.5. The third kappa shape index (κ3) is 5.03. The van der Waals surface area contributed by atoms with E-state index in [1.165, 1.54) is 46.4 Å². The number of hydrogen-bond donors (Lipinski definition) is 0. The number of esters is 2. The first kappa shape index (κ1) is 28.5. The van der Waals surface area contributed by atoms with E-state index in [1.807, 2.05) is 12.3 Å². The Bertz CT molecular complexity index is 1630. The third-order valence-electron chi connectivity index (χ3n) is 6.73. The molecule has 3 heterocycles. The monoisotopic (exact) mass is 593 g/mol. The van der Waals surface area contributed by atoms with E-state index in [0.29, 0.717) is 15.8 Å². The fourth-order valence-corrected chi connectivity index (χ4v) is 5.54. The minimum atomic E-state index is -2.64. The van der Waals surface area contributed by atoms with Crippen LogP contribution in [-0.2, 0) is 19.8 Å². The molecular weight excluding hydrogens is 569 g/mol. The molecule has 0 N–H and O–H groups in total. The Kier molecular flexibility index (Phi) is 7.99. The van der Waals surface area contributed by atoms with Crippen LogP contribution in [-0.4, -0.2) is 68.5 Å². The van der Waals surface area contributed by atoms with Crippen molar-refractivity contribution >= 4 is 41.1 Å². The molecule has 1 aliphatic heterocycles. The molecule has 1 saturated heterocycles. The lowest BCUT2D eigenvalue weighted by Crippen LogP contribution is -2.50. The SMILES string of the molecule is CSc1nc(SC)c2ncc(C3(C#N)O[C@H](COC(=O)c4ccccc4)[C@@H](OC(=O)c4ccccc4)[C@@]3(C)F)n2n1. The van der Waals surface area contributed by atoms with Gasteiger partial charge in [-0.05, 0) is 43.7 Å². The van der Waals surface area contributed by atoms with Crippen LogP contribution in [0.5, 0.6) is 0 Å². The molecule has 0 bridgehead atoms. The Morgan fingerprint density at radius 3 is 2.29 bits per heavy atom. The van der Waals surface area contributed by atoms with Crippen LogP contribution in [0.25, 0.3) is 5.65 Å². The molecule has 1 fully saturated rings. The summed E-state index contributed by atoms with van der Waals surface area (Å²) in [6, 6.07) is 18.2. The molecule has 10 nitrogen and oxygen atoms in total. The van der Waals surface area contributed by atoms with E-state index >= 15 is 4.39 Å². The van der Waals surface area contributed by atoms with Crippen LogP contribution in [0.3, 0.4) is 0 Å². The number of imidazole rings is 1. The Morgan fingerprint density at radius 2 is 1.71 bits per heavy atom. The normalized spacial score (nSPS) is 23.7. The molecule has 13 heteroatoms. The Hall–Kier alpha value is -3.99. The van der Waals surface area contributed by atoms with Crippen molar-refractivity contribution in [3.05, 3.63) is 83.7 Å². The van der Waals surface area contributed by atoms with E-state index < -0.39 is 42.0 Å². The summed E-state index contributed by atoms with van der Waals surface area (Å²) >= 11 is 2.58. The van der Waals surface area contributed by atoms with Gasteiger partial charge in [-0.15, -0.1) is 16.9 Å². The number of fused-ring (bicyclic) bond motifs is 1. The molecule has 0 aliphatic carbocycles. The van der Waals surface area contributed by atoms with Gasteiger partial charge in [0.25, 0.3) is 0 Å². The molecule has 4 aromatic rings. The lowest BCUT2D eigenvalue weighted by Gasteiger charge is -2.31. The van der Waals surface area contributed by atoms with E-state index in [1.54, 1.807) is 54.8 Å². The highest BCUT2D eigenvalue weighted by molar-refractivity contribution is 7.99. The minimum absolute atomic E-state index is 0.0226. The van der Waals surface area contributed by atoms with Crippen molar-refractivity contribution in [3.63, 3.8) is 0 Å². The van der Waals surface area contributed by atoms with E-state index in [-0.39, 0.29) is 16.8 Å². The van der Waals surface area contributed by atoms with E-state index in [4.69, 9.17) is 14.2 Å². The molecule has 0 radical (unpaired) electrons. The maximum atomic E-state index is 17.2. The molecule has 2 aromatic heterocycles. The van der Waals surface area contributed by atoms with Crippen molar-refractivity contribution in [1.82, 2.24) is 19.6 Å². The Balaban J connectivity index is 1.57. The average molecular weight is 594 g/mol. The van der Waals surface area contributed by atoms with Gasteiger partial charge in [0.2, 0.25) is 10.8 Å².